The minimum Gasteiger partial charge on any atom is -0.321 e. The smallest absolute Gasteiger partial charge is 0.321 e. The third kappa shape index (κ3) is 5.37. The summed E-state index contributed by atoms with van der Waals surface area (Å²) in [5, 5.41) is -4.56. The van der Waals surface area contributed by atoms with Crippen LogP contribution in [0.25, 0.3) is 0 Å². The number of thioether (sulfide) groups is 1. The molecule has 0 radical (unpaired) electrons. The Hall–Kier alpha value is -2.15. The van der Waals surface area contributed by atoms with E-state index in [1.165, 1.54) is 0 Å². The minimum atomic E-state index is -9.04. The summed E-state index contributed by atoms with van der Waals surface area (Å²) in [6.07, 6.45) is -8.03. The molecule has 44 heavy (non-hydrogen) atoms. The third-order valence-corrected chi connectivity index (χ3v) is 7.69. The normalized spacial score (nSPS) is 17.0. The summed E-state index contributed by atoms with van der Waals surface area (Å²) >= 11 is -2.95. The minimum absolute atomic E-state index is 2.95. The highest BCUT2D eigenvalue weighted by Crippen LogP contribution is 2.69. The highest BCUT2D eigenvalue weighted by Gasteiger charge is 2.93. The Labute approximate surface area is 227 Å². The molecule has 28 heteroatoms. The SMILES string of the molecule is O=P(O)(O)C(F)(SC(F)=C(F)C(F)(F)C(F)(F)C(F)(F)C(F)(F)C(F)(F)C(F)(F)C(F)(F)F)c1c(F)c(F)c(F)c(F)c1F. The zero-order valence-electron chi connectivity index (χ0n) is 18.9. The number of alkyl halides is 16. The number of rotatable bonds is 10. The van der Waals surface area contributed by atoms with Crippen LogP contribution >= 0.6 is 19.4 Å². The molecule has 256 valence electrons. The lowest BCUT2D eigenvalue weighted by atomic mass is 9.91. The zero-order chi connectivity index (χ0) is 35.8. The summed E-state index contributed by atoms with van der Waals surface area (Å²) in [5.41, 5.74) is -3.61. The van der Waals surface area contributed by atoms with E-state index in [-0.39, 0.29) is 0 Å². The van der Waals surface area contributed by atoms with Crippen molar-refractivity contribution in [3.63, 3.8) is 0 Å². The first-order valence-electron chi connectivity index (χ1n) is 9.31. The van der Waals surface area contributed by atoms with E-state index in [1.54, 1.807) is 0 Å². The number of benzene rings is 1. The van der Waals surface area contributed by atoms with Crippen LogP contribution in [0.3, 0.4) is 0 Å². The van der Waals surface area contributed by atoms with Gasteiger partial charge in [0, 0.05) is 0 Å². The van der Waals surface area contributed by atoms with Gasteiger partial charge >= 0.3 is 49.3 Å². The molecule has 0 heterocycles. The highest BCUT2D eigenvalue weighted by molar-refractivity contribution is 8.08. The van der Waals surface area contributed by atoms with Crippen molar-refractivity contribution in [2.24, 2.45) is 0 Å². The Morgan fingerprint density at radius 1 is 0.523 bits per heavy atom. The van der Waals surface area contributed by atoms with Gasteiger partial charge in [0.2, 0.25) is 11.6 Å². The van der Waals surface area contributed by atoms with Crippen LogP contribution in [0.2, 0.25) is 0 Å². The monoisotopic (exact) mass is 742 g/mol. The van der Waals surface area contributed by atoms with E-state index in [9.17, 15) is 106 Å². The van der Waals surface area contributed by atoms with Gasteiger partial charge in [-0.15, -0.1) is 0 Å². The predicted molar refractivity (Wildman–Crippen MR) is 93.6 cm³/mol. The average Bonchev–Trinajstić information content (AvgIpc) is 2.83. The largest absolute Gasteiger partial charge is 0.460 e. The van der Waals surface area contributed by atoms with Gasteiger partial charge < -0.3 is 9.79 Å². The number of hydrogen-bond acceptors (Lipinski definition) is 2. The van der Waals surface area contributed by atoms with Gasteiger partial charge in [-0.25, -0.2) is 30.7 Å². The lowest BCUT2D eigenvalue weighted by molar-refractivity contribution is -0.450. The first kappa shape index (κ1) is 39.9. The molecule has 1 aromatic rings. The molecule has 3 nitrogen and oxygen atoms in total. The van der Waals surface area contributed by atoms with Crippen molar-refractivity contribution in [1.82, 2.24) is 0 Å². The fourth-order valence-corrected chi connectivity index (χ4v) is 4.46. The van der Waals surface area contributed by atoms with Gasteiger partial charge in [0.1, 0.15) is 0 Å². The van der Waals surface area contributed by atoms with Gasteiger partial charge in [0.05, 0.1) is 5.56 Å². The summed E-state index contributed by atoms with van der Waals surface area (Å²) in [4.78, 5) is 17.8. The Kier molecular flexibility index (Phi) is 9.95. The molecular formula is C16H2F23O3PS. The number of halogens is 23. The van der Waals surface area contributed by atoms with E-state index in [2.05, 4.69) is 0 Å². The molecule has 0 aliphatic carbocycles. The summed E-state index contributed by atoms with van der Waals surface area (Å²) in [6, 6.07) is 0. The van der Waals surface area contributed by atoms with Gasteiger partial charge in [0.25, 0.3) is 4.74 Å². The lowest BCUT2D eigenvalue weighted by Gasteiger charge is -2.41. The Morgan fingerprint density at radius 3 is 1.14 bits per heavy atom. The predicted octanol–water partition coefficient (Wildman–Crippen LogP) is 8.86. The van der Waals surface area contributed by atoms with Crippen LogP contribution in [0.4, 0.5) is 101 Å². The van der Waals surface area contributed by atoms with Crippen molar-refractivity contribution in [1.29, 1.82) is 0 Å². The standard InChI is InChI=1S/C16H2F23O3PS/c17-2-1(3(18)5(20)6(21)4(2)19)10(26,43(40,41)42)44-8(23)7(22)9(24,25)11(27,28)12(29,30)13(31,32)14(33,34)15(35,36)16(37,38)39/h(H2,40,41,42). The second kappa shape index (κ2) is 11.0. The first-order chi connectivity index (χ1) is 19.0. The Bertz CT molecular complexity index is 1350. The van der Waals surface area contributed by atoms with Gasteiger partial charge in [-0.05, 0) is 11.8 Å². The summed E-state index contributed by atoms with van der Waals surface area (Å²) in [5.74, 6) is -75.3. The molecule has 0 aromatic heterocycles. The molecule has 2 N–H and O–H groups in total. The third-order valence-electron chi connectivity index (χ3n) is 4.89. The highest BCUT2D eigenvalue weighted by atomic mass is 32.2. The molecule has 0 spiro atoms. The van der Waals surface area contributed by atoms with E-state index in [1.807, 2.05) is 0 Å². The summed E-state index contributed by atoms with van der Waals surface area (Å²) in [6.45, 7) is 0. The van der Waals surface area contributed by atoms with Crippen LogP contribution in [0.5, 0.6) is 0 Å². The second-order valence-corrected chi connectivity index (χ2v) is 10.8. The molecule has 0 aliphatic rings. The molecule has 1 aromatic carbocycles. The van der Waals surface area contributed by atoms with E-state index in [0.29, 0.717) is 0 Å². The van der Waals surface area contributed by atoms with Crippen LogP contribution in [-0.4, -0.2) is 51.5 Å². The molecule has 0 bridgehead atoms. The molecule has 0 amide bonds. The maximum atomic E-state index is 15.0. The van der Waals surface area contributed by atoms with Crippen LogP contribution < -0.4 is 0 Å². The lowest BCUT2D eigenvalue weighted by Crippen LogP contribution is -2.72. The molecule has 1 atom stereocenters. The van der Waals surface area contributed by atoms with Crippen molar-refractivity contribution in [2.75, 3.05) is 0 Å². The maximum Gasteiger partial charge on any atom is 0.460 e. The zero-order valence-corrected chi connectivity index (χ0v) is 20.6. The molecule has 0 fully saturated rings. The molecule has 0 saturated carbocycles. The van der Waals surface area contributed by atoms with E-state index in [0.717, 1.165) is 0 Å². The van der Waals surface area contributed by atoms with E-state index >= 15 is 0 Å². The first-order valence-corrected chi connectivity index (χ1v) is 11.7. The summed E-state index contributed by atoms with van der Waals surface area (Å²) < 4.78 is 313. The molecule has 1 unspecified atom stereocenters. The molecule has 0 saturated heterocycles. The maximum absolute atomic E-state index is 15.0. The van der Waals surface area contributed by atoms with Gasteiger partial charge in [-0.3, -0.25) is 4.57 Å². The van der Waals surface area contributed by atoms with Crippen molar-refractivity contribution >= 4 is 19.4 Å². The molecule has 0 aliphatic heterocycles. The number of hydrogen-bond donors (Lipinski definition) is 2. The van der Waals surface area contributed by atoms with Gasteiger partial charge in [-0.2, -0.15) is 70.2 Å². The Morgan fingerprint density at radius 2 is 0.818 bits per heavy atom. The van der Waals surface area contributed by atoms with Crippen molar-refractivity contribution in [3.05, 3.63) is 45.6 Å². The summed E-state index contributed by atoms with van der Waals surface area (Å²) in [7, 11) is -7.59. The average molecular weight is 742 g/mol. The fraction of sp³-hybridized carbons (Fsp3) is 0.500. The van der Waals surface area contributed by atoms with Crippen LogP contribution in [0.1, 0.15) is 5.56 Å². The molecular weight excluding hydrogens is 740 g/mol. The van der Waals surface area contributed by atoms with E-state index in [4.69, 9.17) is 9.79 Å². The van der Waals surface area contributed by atoms with E-state index < -0.39 is 111 Å². The number of allylic oxidation sites excluding steroid dienone is 1. The second-order valence-electron chi connectivity index (χ2n) is 7.68. The Balaban J connectivity index is 3.97. The quantitative estimate of drug-likeness (QED) is 0.109. The van der Waals surface area contributed by atoms with Crippen molar-refractivity contribution in [3.8, 4) is 0 Å². The molecule has 1 rings (SSSR count). The van der Waals surface area contributed by atoms with Crippen LogP contribution in [-0.2, 0) is 9.31 Å². The van der Waals surface area contributed by atoms with Crippen LogP contribution in [0, 0.1) is 29.1 Å². The van der Waals surface area contributed by atoms with Crippen molar-refractivity contribution < 1.29 is 115 Å². The van der Waals surface area contributed by atoms with Gasteiger partial charge in [0.15, 0.2) is 28.4 Å². The fourth-order valence-electron chi connectivity index (χ4n) is 2.52. The van der Waals surface area contributed by atoms with Gasteiger partial charge in [-0.1, -0.05) is 0 Å². The van der Waals surface area contributed by atoms with Crippen molar-refractivity contribution in [2.45, 2.75) is 46.5 Å². The topological polar surface area (TPSA) is 57.5 Å². The van der Waals surface area contributed by atoms with Crippen LogP contribution in [0.15, 0.2) is 11.0 Å².